The molecular weight excluding hydrogens is 552 g/mol. The minimum absolute atomic E-state index is 0.0595. The molecule has 1 aromatic rings. The summed E-state index contributed by atoms with van der Waals surface area (Å²) in [5, 5.41) is 25.3. The number of primary amides is 1. The second kappa shape index (κ2) is 10.9. The molecule has 0 heterocycles. The van der Waals surface area contributed by atoms with Crippen LogP contribution in [0.25, 0.3) is 0 Å². The van der Waals surface area contributed by atoms with Crippen molar-refractivity contribution in [2.45, 2.75) is 37.8 Å². The van der Waals surface area contributed by atoms with E-state index in [1.807, 2.05) is 0 Å². The second-order valence-corrected chi connectivity index (χ2v) is 11.4. The van der Waals surface area contributed by atoms with Crippen LogP contribution in [0.1, 0.15) is 35.7 Å². The highest BCUT2D eigenvalue weighted by atomic mass is 16.5. The average molecular weight is 587 g/mol. The summed E-state index contributed by atoms with van der Waals surface area (Å²) in [5.74, 6) is -13.5. The Hall–Kier alpha value is -4.17. The number of carbonyl (C=O) groups is 7. The first-order valence-corrected chi connectivity index (χ1v) is 13.4. The van der Waals surface area contributed by atoms with Gasteiger partial charge in [0.05, 0.1) is 29.8 Å². The Morgan fingerprint density at radius 3 is 2.31 bits per heavy atom. The summed E-state index contributed by atoms with van der Waals surface area (Å²) in [6.45, 7) is 1.64. The van der Waals surface area contributed by atoms with Crippen LogP contribution in [0.15, 0.2) is 6.07 Å². The van der Waals surface area contributed by atoms with Gasteiger partial charge in [0.1, 0.15) is 12.2 Å². The van der Waals surface area contributed by atoms with E-state index in [1.165, 1.54) is 25.1 Å². The predicted octanol–water partition coefficient (Wildman–Crippen LogP) is -1.18. The number of nitrogens with two attached hydrogens (primary N) is 1. The molecule has 0 saturated heterocycles. The quantitative estimate of drug-likeness (QED) is 0.169. The van der Waals surface area contributed by atoms with Gasteiger partial charge >= 0.3 is 5.97 Å². The van der Waals surface area contributed by atoms with Crippen molar-refractivity contribution < 1.29 is 48.5 Å². The molecule has 2 fully saturated rings. The highest BCUT2D eigenvalue weighted by molar-refractivity contribution is 6.32. The minimum atomic E-state index is -2.84. The number of aromatic hydroxyl groups is 1. The summed E-state index contributed by atoms with van der Waals surface area (Å²) < 4.78 is 4.77. The Morgan fingerprint density at radius 2 is 1.76 bits per heavy atom. The Balaban J connectivity index is 1.82. The third-order valence-corrected chi connectivity index (χ3v) is 8.40. The number of phenolic OH excluding ortho intramolecular Hbond substituents is 1. The normalized spacial score (nSPS) is 28.5. The summed E-state index contributed by atoms with van der Waals surface area (Å²) >= 11 is 0. The number of fused-ring (bicyclic) bond motifs is 3. The lowest BCUT2D eigenvalue weighted by Crippen LogP contribution is -2.74. The van der Waals surface area contributed by atoms with Crippen molar-refractivity contribution in [2.24, 2.45) is 29.4 Å². The fourth-order valence-corrected chi connectivity index (χ4v) is 6.68. The molecule has 4 unspecified atom stereocenters. The smallest absolute Gasteiger partial charge is 0.315 e. The Morgan fingerprint density at radius 1 is 1.12 bits per heavy atom. The lowest BCUT2D eigenvalue weighted by atomic mass is 9.52. The molecule has 1 aromatic carbocycles. The standard InChI is InChI=1S/C28H34N4O10/c1-6-42-17(34)10-16(33)30-14-9-15(31(2)3)12-7-11-8-13-21(32(4)5)24(37)20(27(29)40)26(39)28(13,41)25(38)18(11)23(36)19(12)22(14)35/h9,11,13,18,20-21,35,41H,6-8,10H2,1-5H3,(H2,29,40)(H,30,33)/t11?,13?,18?,20?,21-,28-/m0/s1. The third-order valence-electron chi connectivity index (χ3n) is 8.40. The molecule has 3 aliphatic carbocycles. The molecule has 42 heavy (non-hydrogen) atoms. The summed E-state index contributed by atoms with van der Waals surface area (Å²) in [7, 11) is 6.36. The zero-order valence-electron chi connectivity index (χ0n) is 23.9. The number of nitrogens with zero attached hydrogens (tertiary/aromatic N) is 2. The van der Waals surface area contributed by atoms with Gasteiger partial charge in [-0.25, -0.2) is 0 Å². The van der Waals surface area contributed by atoms with Gasteiger partial charge in [-0.3, -0.25) is 38.5 Å². The first kappa shape index (κ1) is 30.8. The Bertz CT molecular complexity index is 1420. The number of ether oxygens (including phenoxy) is 1. The Labute approximate surface area is 241 Å². The van der Waals surface area contributed by atoms with Crippen LogP contribution in [0.2, 0.25) is 0 Å². The molecule has 2 saturated carbocycles. The van der Waals surface area contributed by atoms with E-state index in [0.29, 0.717) is 11.3 Å². The highest BCUT2D eigenvalue weighted by Gasteiger charge is 2.69. The zero-order valence-corrected chi connectivity index (χ0v) is 23.9. The summed E-state index contributed by atoms with van der Waals surface area (Å²) in [4.78, 5) is 94.0. The number of likely N-dealkylation sites (N-methyl/N-ethyl adjacent to an activating group) is 1. The molecule has 0 radical (unpaired) electrons. The lowest BCUT2D eigenvalue weighted by molar-refractivity contribution is -0.181. The second-order valence-electron chi connectivity index (χ2n) is 11.4. The SMILES string of the molecule is CCOC(=O)CC(=O)Nc1cc(N(C)C)c2c(c1O)C(=O)C1C(=O)[C@]3(O)C(=O)C(C(N)=O)C(=O)[C@@H](N(C)C)C3CC1C2. The molecule has 226 valence electrons. The number of phenols is 1. The molecule has 0 aromatic heterocycles. The molecule has 6 atom stereocenters. The molecule has 5 N–H and O–H groups in total. The van der Waals surface area contributed by atoms with Crippen molar-refractivity contribution in [2.75, 3.05) is 45.0 Å². The molecule has 14 heteroatoms. The van der Waals surface area contributed by atoms with E-state index < -0.39 is 88.4 Å². The number of aliphatic hydroxyl groups is 1. The van der Waals surface area contributed by atoms with E-state index in [-0.39, 0.29) is 30.7 Å². The van der Waals surface area contributed by atoms with Crippen molar-refractivity contribution in [3.05, 3.63) is 17.2 Å². The van der Waals surface area contributed by atoms with Gasteiger partial charge in [-0.15, -0.1) is 0 Å². The van der Waals surface area contributed by atoms with E-state index >= 15 is 0 Å². The van der Waals surface area contributed by atoms with Gasteiger partial charge in [0.2, 0.25) is 11.8 Å². The molecular formula is C28H34N4O10. The number of rotatable bonds is 7. The maximum absolute atomic E-state index is 14.0. The van der Waals surface area contributed by atoms with Crippen molar-refractivity contribution in [1.82, 2.24) is 4.90 Å². The number of carbonyl (C=O) groups excluding carboxylic acids is 7. The van der Waals surface area contributed by atoms with Gasteiger partial charge in [-0.2, -0.15) is 0 Å². The monoisotopic (exact) mass is 586 g/mol. The molecule has 0 bridgehead atoms. The molecule has 14 nitrogen and oxygen atoms in total. The van der Waals surface area contributed by atoms with Crippen LogP contribution in [-0.2, 0) is 39.9 Å². The minimum Gasteiger partial charge on any atom is -0.505 e. The summed E-state index contributed by atoms with van der Waals surface area (Å²) in [6, 6.07) is 0.227. The van der Waals surface area contributed by atoms with E-state index in [4.69, 9.17) is 10.5 Å². The topological polar surface area (TPSA) is 214 Å². The van der Waals surface area contributed by atoms with Gasteiger partial charge in [0.15, 0.2) is 34.7 Å². The molecule has 0 spiro atoms. The maximum Gasteiger partial charge on any atom is 0.315 e. The van der Waals surface area contributed by atoms with Crippen LogP contribution < -0.4 is 16.0 Å². The van der Waals surface area contributed by atoms with Gasteiger partial charge < -0.3 is 30.9 Å². The molecule has 4 rings (SSSR count). The number of hydrogen-bond acceptors (Lipinski definition) is 12. The van der Waals surface area contributed by atoms with Gasteiger partial charge in [0, 0.05) is 25.7 Å². The summed E-state index contributed by atoms with van der Waals surface area (Å²) in [5.41, 5.74) is 2.82. The lowest BCUT2D eigenvalue weighted by Gasteiger charge is -2.52. The number of esters is 1. The van der Waals surface area contributed by atoms with Crippen molar-refractivity contribution >= 4 is 52.3 Å². The van der Waals surface area contributed by atoms with Crippen LogP contribution >= 0.6 is 0 Å². The fraction of sp³-hybridized carbons (Fsp3) is 0.536. The first-order chi connectivity index (χ1) is 19.6. The number of anilines is 2. The van der Waals surface area contributed by atoms with Gasteiger partial charge in [0.25, 0.3) is 0 Å². The summed E-state index contributed by atoms with van der Waals surface area (Å²) in [6.07, 6.45) is -0.679. The molecule has 0 aliphatic heterocycles. The van der Waals surface area contributed by atoms with E-state index in [0.717, 1.165) is 0 Å². The predicted molar refractivity (Wildman–Crippen MR) is 146 cm³/mol. The maximum atomic E-state index is 14.0. The highest BCUT2D eigenvalue weighted by Crippen LogP contribution is 2.52. The van der Waals surface area contributed by atoms with E-state index in [2.05, 4.69) is 5.32 Å². The fourth-order valence-electron chi connectivity index (χ4n) is 6.68. The number of amides is 2. The number of nitrogens with one attached hydrogen (secondary N) is 1. The number of hydrogen-bond donors (Lipinski definition) is 4. The number of ketones is 4. The average Bonchev–Trinajstić information content (AvgIpc) is 2.87. The van der Waals surface area contributed by atoms with Crippen molar-refractivity contribution in [3.63, 3.8) is 0 Å². The number of Topliss-reactive ketones (excluding diaryl/α,β-unsaturated/α-hetero) is 4. The Kier molecular flexibility index (Phi) is 8.00. The third kappa shape index (κ3) is 4.64. The van der Waals surface area contributed by atoms with Crippen molar-refractivity contribution in [3.8, 4) is 5.75 Å². The van der Waals surface area contributed by atoms with E-state index in [9.17, 15) is 43.8 Å². The first-order valence-electron chi connectivity index (χ1n) is 13.4. The van der Waals surface area contributed by atoms with Gasteiger partial charge in [-0.05, 0) is 51.4 Å². The molecule has 3 aliphatic rings. The van der Waals surface area contributed by atoms with E-state index in [1.54, 1.807) is 25.9 Å². The number of benzene rings is 1. The zero-order chi connectivity index (χ0) is 31.4. The largest absolute Gasteiger partial charge is 0.505 e. The van der Waals surface area contributed by atoms with Gasteiger partial charge in [-0.1, -0.05) is 0 Å². The van der Waals surface area contributed by atoms with Crippen molar-refractivity contribution in [1.29, 1.82) is 0 Å². The van der Waals surface area contributed by atoms with Crippen LogP contribution in [0.3, 0.4) is 0 Å². The van der Waals surface area contributed by atoms with Crippen LogP contribution in [-0.4, -0.2) is 102 Å². The van der Waals surface area contributed by atoms with Crippen LogP contribution in [0.5, 0.6) is 5.75 Å². The molecule has 2 amide bonds. The van der Waals surface area contributed by atoms with Crippen LogP contribution in [0, 0.1) is 23.7 Å². The van der Waals surface area contributed by atoms with Crippen LogP contribution in [0.4, 0.5) is 11.4 Å².